The number of ether oxygens (including phenoxy) is 1. The summed E-state index contributed by atoms with van der Waals surface area (Å²) in [4.78, 5) is 5.19. The van der Waals surface area contributed by atoms with Crippen LogP contribution >= 0.6 is 0 Å². The molecule has 348 valence electrons. The molecule has 5 nitrogen and oxygen atoms in total. The summed E-state index contributed by atoms with van der Waals surface area (Å²) in [6.07, 6.45) is 6.68. The van der Waals surface area contributed by atoms with Crippen LogP contribution in [-0.4, -0.2) is 14.1 Å². The molecule has 0 amide bonds. The number of imidazole rings is 1. The minimum Gasteiger partial charge on any atom is -0.510 e. The summed E-state index contributed by atoms with van der Waals surface area (Å²) in [5.41, 5.74) is 16.5. The number of para-hydroxylation sites is 3. The van der Waals surface area contributed by atoms with Gasteiger partial charge in [0.2, 0.25) is 0 Å². The molecule has 0 unspecified atom stereocenters. The largest absolute Gasteiger partial charge is 0.510 e. The molecule has 0 radical (unpaired) electrons. The summed E-state index contributed by atoms with van der Waals surface area (Å²) in [5.74, 6) is 2.00. The van der Waals surface area contributed by atoms with Crippen LogP contribution in [0.25, 0.3) is 83.4 Å². The molecule has 0 saturated carbocycles. The van der Waals surface area contributed by atoms with Crippen LogP contribution < -0.4 is 9.30 Å². The molecular formula is C64H54N4OPt-2. The van der Waals surface area contributed by atoms with Crippen LogP contribution in [0.1, 0.15) is 65.2 Å². The van der Waals surface area contributed by atoms with E-state index in [4.69, 9.17) is 9.72 Å². The normalized spacial score (nSPS) is 11.9. The Morgan fingerprint density at radius 3 is 1.83 bits per heavy atom. The molecular weight excluding hydrogens is 1040 g/mol. The summed E-state index contributed by atoms with van der Waals surface area (Å²) in [6, 6.07) is 71.7. The van der Waals surface area contributed by atoms with Gasteiger partial charge in [0.15, 0.2) is 0 Å². The molecule has 0 atom stereocenters. The molecule has 3 aromatic heterocycles. The predicted octanol–water partition coefficient (Wildman–Crippen LogP) is 15.7. The van der Waals surface area contributed by atoms with Crippen molar-refractivity contribution in [3.63, 3.8) is 0 Å². The van der Waals surface area contributed by atoms with Gasteiger partial charge in [-0.05, 0) is 85.0 Å². The number of nitrogens with zero attached hydrogens (tertiary/aromatic N) is 4. The van der Waals surface area contributed by atoms with Crippen LogP contribution in [0.5, 0.6) is 11.5 Å². The van der Waals surface area contributed by atoms with Gasteiger partial charge in [-0.25, -0.2) is 4.98 Å². The molecule has 0 fully saturated rings. The van der Waals surface area contributed by atoms with Crippen molar-refractivity contribution < 1.29 is 30.4 Å². The number of benzene rings is 8. The Bertz CT molecular complexity index is 3630. The van der Waals surface area contributed by atoms with Crippen molar-refractivity contribution in [2.75, 3.05) is 0 Å². The molecule has 0 saturated heterocycles. The SMILES string of the molecule is CCc1cc(-n2c3[c-]c(Oc4[c-]c(-n5[c-][n+](-c6c(-c7ccccc7)cccc6-c6ccccc6)c6ccccc65)ccc4)ccc3c3cc(C(C)(C)C)ccc32)ncc1-c1ccc(C(C)(C)C)cc1.[Pt]. The van der Waals surface area contributed by atoms with Gasteiger partial charge in [0.1, 0.15) is 5.82 Å². The van der Waals surface area contributed by atoms with Gasteiger partial charge in [-0.1, -0.05) is 194 Å². The maximum Gasteiger partial charge on any atom is 0.268 e. The zero-order valence-electron chi connectivity index (χ0n) is 40.6. The topological polar surface area (TPSA) is 35.9 Å². The molecule has 6 heteroatoms. The Morgan fingerprint density at radius 2 is 1.16 bits per heavy atom. The number of hydrogen-bond donors (Lipinski definition) is 0. The van der Waals surface area contributed by atoms with E-state index >= 15 is 0 Å². The fourth-order valence-electron chi connectivity index (χ4n) is 9.63. The van der Waals surface area contributed by atoms with Gasteiger partial charge in [0.25, 0.3) is 6.33 Å². The van der Waals surface area contributed by atoms with Crippen molar-refractivity contribution in [2.45, 2.75) is 65.7 Å². The third-order valence-corrected chi connectivity index (χ3v) is 13.4. The van der Waals surface area contributed by atoms with Crippen molar-refractivity contribution in [3.8, 4) is 62.1 Å². The number of aromatic nitrogens is 4. The first-order chi connectivity index (χ1) is 33.4. The van der Waals surface area contributed by atoms with E-state index in [0.29, 0.717) is 11.5 Å². The molecule has 0 aliphatic carbocycles. The molecule has 0 aliphatic heterocycles. The molecule has 8 aromatic carbocycles. The fraction of sp³-hybridized carbons (Fsp3) is 0.156. The van der Waals surface area contributed by atoms with Gasteiger partial charge in [-0.2, -0.15) is 18.2 Å². The first-order valence-corrected chi connectivity index (χ1v) is 23.9. The molecule has 0 spiro atoms. The second kappa shape index (κ2) is 18.5. The summed E-state index contributed by atoms with van der Waals surface area (Å²) in [6.45, 7) is 15.8. The summed E-state index contributed by atoms with van der Waals surface area (Å²) < 4.78 is 13.3. The Kier molecular flexibility index (Phi) is 12.3. The number of rotatable bonds is 9. The zero-order valence-corrected chi connectivity index (χ0v) is 42.9. The van der Waals surface area contributed by atoms with Crippen molar-refractivity contribution in [1.82, 2.24) is 14.1 Å². The summed E-state index contributed by atoms with van der Waals surface area (Å²) in [5, 5.41) is 2.24. The van der Waals surface area contributed by atoms with Gasteiger partial charge in [-0.3, -0.25) is 4.57 Å². The van der Waals surface area contributed by atoms with E-state index in [2.05, 4.69) is 244 Å². The van der Waals surface area contributed by atoms with Crippen LogP contribution in [0.2, 0.25) is 0 Å². The van der Waals surface area contributed by atoms with Gasteiger partial charge < -0.3 is 13.9 Å². The van der Waals surface area contributed by atoms with E-state index < -0.39 is 0 Å². The molecule has 3 heterocycles. The van der Waals surface area contributed by atoms with E-state index in [9.17, 15) is 0 Å². The van der Waals surface area contributed by atoms with Crippen molar-refractivity contribution in [3.05, 3.63) is 223 Å². The van der Waals surface area contributed by atoms with Gasteiger partial charge in [0.05, 0.1) is 16.7 Å². The molecule has 11 aromatic rings. The second-order valence-electron chi connectivity index (χ2n) is 20.0. The first-order valence-electron chi connectivity index (χ1n) is 23.9. The van der Waals surface area contributed by atoms with Crippen LogP contribution in [0, 0.1) is 18.5 Å². The second-order valence-corrected chi connectivity index (χ2v) is 20.0. The Hall–Kier alpha value is -7.33. The monoisotopic (exact) mass is 1090 g/mol. The Labute approximate surface area is 426 Å². The number of fused-ring (bicyclic) bond motifs is 4. The fourth-order valence-corrected chi connectivity index (χ4v) is 9.63. The Morgan fingerprint density at radius 1 is 0.543 bits per heavy atom. The maximum atomic E-state index is 6.75. The zero-order chi connectivity index (χ0) is 47.4. The maximum absolute atomic E-state index is 6.75. The molecule has 11 rings (SSSR count). The van der Waals surface area contributed by atoms with Crippen molar-refractivity contribution >= 4 is 32.8 Å². The third-order valence-electron chi connectivity index (χ3n) is 13.4. The smallest absolute Gasteiger partial charge is 0.268 e. The van der Waals surface area contributed by atoms with Gasteiger partial charge in [-0.15, -0.1) is 29.7 Å². The predicted molar refractivity (Wildman–Crippen MR) is 283 cm³/mol. The summed E-state index contributed by atoms with van der Waals surface area (Å²) >= 11 is 0. The van der Waals surface area contributed by atoms with E-state index in [1.54, 1.807) is 0 Å². The van der Waals surface area contributed by atoms with Gasteiger partial charge >= 0.3 is 0 Å². The van der Waals surface area contributed by atoms with Crippen LogP contribution in [0.15, 0.2) is 188 Å². The number of pyridine rings is 1. The van der Waals surface area contributed by atoms with Gasteiger partial charge in [0, 0.05) is 49.8 Å². The third kappa shape index (κ3) is 8.58. The molecule has 0 bridgehead atoms. The van der Waals surface area contributed by atoms with Crippen molar-refractivity contribution in [2.24, 2.45) is 0 Å². The van der Waals surface area contributed by atoms with E-state index in [0.717, 1.165) is 84.3 Å². The number of aryl methyl sites for hydroxylation is 1. The standard InChI is InChI=1S/C64H54N4O.Pt/c1-8-43-37-61(65-41-56(43)46-29-31-47(32-30-46)63(2,3)4)68-57-36-33-48(64(5,6)7)38-55(57)54-35-34-51(40-60(54)68)69-50-24-17-23-49(39-50)66-42-67(59-28-16-15-27-58(59)66)62-52(44-19-11-9-12-20-44)25-18-26-53(62)45-21-13-10-14-22-45;/h9-38,41H,8H2,1-7H3;/q-2;. The van der Waals surface area contributed by atoms with Crippen LogP contribution in [0.3, 0.4) is 0 Å². The molecule has 0 aliphatic rings. The van der Waals surface area contributed by atoms with Crippen LogP contribution in [0.4, 0.5) is 0 Å². The first kappa shape index (κ1) is 46.4. The minimum atomic E-state index is -0.0226. The number of hydrogen-bond acceptors (Lipinski definition) is 2. The van der Waals surface area contributed by atoms with Crippen molar-refractivity contribution in [1.29, 1.82) is 0 Å². The van der Waals surface area contributed by atoms with E-state index in [-0.39, 0.29) is 31.9 Å². The molecule has 0 N–H and O–H groups in total. The van der Waals surface area contributed by atoms with E-state index in [1.807, 2.05) is 24.4 Å². The average Bonchev–Trinajstić information content (AvgIpc) is 3.91. The van der Waals surface area contributed by atoms with Crippen LogP contribution in [-0.2, 0) is 38.3 Å². The minimum absolute atomic E-state index is 0. The summed E-state index contributed by atoms with van der Waals surface area (Å²) in [7, 11) is 0. The van der Waals surface area contributed by atoms with E-state index in [1.165, 1.54) is 22.3 Å². The Balaban J connectivity index is 0.00000567. The average molecular weight is 1090 g/mol. The molecule has 70 heavy (non-hydrogen) atoms. The quantitative estimate of drug-likeness (QED) is 0.107.